The number of benzene rings is 9. The average Bonchev–Trinajstić information content (AvgIpc) is 3.67. The van der Waals surface area contributed by atoms with E-state index < -0.39 is 5.41 Å². The molecule has 0 saturated carbocycles. The molecule has 51 heavy (non-hydrogen) atoms. The number of rotatable bonds is 3. The Bertz CT molecular complexity index is 2840. The summed E-state index contributed by atoms with van der Waals surface area (Å²) in [5.41, 5.74) is 15.0. The van der Waals surface area contributed by atoms with Crippen molar-refractivity contribution in [2.24, 2.45) is 0 Å². The maximum Gasteiger partial charge on any atom is 0.0737 e. The van der Waals surface area contributed by atoms with Gasteiger partial charge in [-0.3, -0.25) is 0 Å². The van der Waals surface area contributed by atoms with Crippen LogP contribution in [0.5, 0.6) is 0 Å². The zero-order valence-electron chi connectivity index (χ0n) is 28.3. The highest BCUT2D eigenvalue weighted by Crippen LogP contribution is 2.67. The highest BCUT2D eigenvalue weighted by molar-refractivity contribution is 6.22. The van der Waals surface area contributed by atoms with Gasteiger partial charge in [0.25, 0.3) is 0 Å². The van der Waals surface area contributed by atoms with Crippen molar-refractivity contribution < 1.29 is 0 Å². The summed E-state index contributed by atoms with van der Waals surface area (Å²) in [6.45, 7) is 2.22. The predicted octanol–water partition coefficient (Wildman–Crippen LogP) is 13.3. The van der Waals surface area contributed by atoms with Gasteiger partial charge in [0, 0.05) is 16.8 Å². The molecule has 1 nitrogen and oxygen atoms in total. The lowest BCUT2D eigenvalue weighted by Gasteiger charge is -2.34. The van der Waals surface area contributed by atoms with Crippen molar-refractivity contribution in [3.05, 3.63) is 210 Å². The molecule has 0 amide bonds. The summed E-state index contributed by atoms with van der Waals surface area (Å²) in [4.78, 5) is 2.47. The fourth-order valence-electron chi connectivity index (χ4n) is 9.65. The van der Waals surface area contributed by atoms with Gasteiger partial charge in [-0.15, -0.1) is 0 Å². The Morgan fingerprint density at radius 3 is 1.53 bits per heavy atom. The fourth-order valence-corrected chi connectivity index (χ4v) is 9.65. The second-order valence-electron chi connectivity index (χ2n) is 14.0. The molecular weight excluding hydrogens is 615 g/mol. The van der Waals surface area contributed by atoms with Crippen LogP contribution in [0.3, 0.4) is 0 Å². The van der Waals surface area contributed by atoms with Crippen molar-refractivity contribution in [2.45, 2.75) is 12.3 Å². The monoisotopic (exact) mass is 647 g/mol. The van der Waals surface area contributed by atoms with Gasteiger partial charge in [-0.05, 0) is 108 Å². The van der Waals surface area contributed by atoms with Crippen LogP contribution in [0.1, 0.15) is 27.8 Å². The van der Waals surface area contributed by atoms with Gasteiger partial charge in [0.2, 0.25) is 0 Å². The Labute approximate surface area is 297 Å². The van der Waals surface area contributed by atoms with Gasteiger partial charge in [-0.2, -0.15) is 0 Å². The molecule has 9 aromatic rings. The van der Waals surface area contributed by atoms with Crippen molar-refractivity contribution in [1.82, 2.24) is 0 Å². The molecule has 0 aromatic heterocycles. The summed E-state index contributed by atoms with van der Waals surface area (Å²) in [6, 6.07) is 67.8. The van der Waals surface area contributed by atoms with E-state index in [1.807, 2.05) is 0 Å². The van der Waals surface area contributed by atoms with Gasteiger partial charge in [0.05, 0.1) is 11.1 Å². The van der Waals surface area contributed by atoms with E-state index in [0.29, 0.717) is 0 Å². The van der Waals surface area contributed by atoms with Crippen LogP contribution in [-0.2, 0) is 5.41 Å². The fraction of sp³-hybridized carbons (Fsp3) is 0.0400. The van der Waals surface area contributed by atoms with Crippen molar-refractivity contribution >= 4 is 49.4 Å². The molecule has 0 bridgehead atoms. The van der Waals surface area contributed by atoms with Crippen LogP contribution in [0.15, 0.2) is 182 Å². The molecule has 0 unspecified atom stereocenters. The number of hydrogen-bond acceptors (Lipinski definition) is 1. The van der Waals surface area contributed by atoms with E-state index in [4.69, 9.17) is 0 Å². The minimum Gasteiger partial charge on any atom is -0.310 e. The zero-order valence-corrected chi connectivity index (χ0v) is 28.3. The smallest absolute Gasteiger partial charge is 0.0737 e. The molecule has 0 atom stereocenters. The minimum atomic E-state index is -0.500. The average molecular weight is 648 g/mol. The van der Waals surface area contributed by atoms with E-state index in [0.717, 1.165) is 5.69 Å². The highest BCUT2D eigenvalue weighted by atomic mass is 15.1. The number of hydrogen-bond donors (Lipinski definition) is 0. The standard InChI is InChI=1S/C50H33N/c1-32-17-5-16-30-45(32)51(33-18-3-2-4-19-33)46-31-42-47-39-25-9-6-20-34(39)35-21-7-10-26-40(35)49(47)50(48(42)41-27-11-8-24-38(41)46)43-28-14-12-22-36(43)37-23-13-15-29-44(37)50/h2-31H,1H3. The second kappa shape index (κ2) is 10.5. The first-order valence-electron chi connectivity index (χ1n) is 17.9. The van der Waals surface area contributed by atoms with E-state index in [1.165, 1.54) is 93.8 Å². The Morgan fingerprint density at radius 2 is 0.863 bits per heavy atom. The van der Waals surface area contributed by atoms with E-state index >= 15 is 0 Å². The molecule has 0 heterocycles. The van der Waals surface area contributed by atoms with Gasteiger partial charge in [-0.1, -0.05) is 158 Å². The summed E-state index contributed by atoms with van der Waals surface area (Å²) in [5.74, 6) is 0. The zero-order chi connectivity index (χ0) is 33.7. The van der Waals surface area contributed by atoms with Crippen LogP contribution in [0.25, 0.3) is 54.6 Å². The Hall–Kier alpha value is -6.44. The van der Waals surface area contributed by atoms with Gasteiger partial charge in [-0.25, -0.2) is 0 Å². The number of anilines is 3. The van der Waals surface area contributed by atoms with Crippen molar-refractivity contribution in [2.75, 3.05) is 4.90 Å². The molecule has 1 heteroatoms. The Morgan fingerprint density at radius 1 is 0.373 bits per heavy atom. The van der Waals surface area contributed by atoms with Crippen molar-refractivity contribution in [3.8, 4) is 22.3 Å². The summed E-state index contributed by atoms with van der Waals surface area (Å²) in [6.07, 6.45) is 0. The Balaban J connectivity index is 1.40. The van der Waals surface area contributed by atoms with Crippen LogP contribution < -0.4 is 4.90 Å². The normalized spacial score (nSPS) is 13.4. The Kier molecular flexibility index (Phi) is 5.86. The van der Waals surface area contributed by atoms with Gasteiger partial charge in [0.15, 0.2) is 0 Å². The molecule has 2 aliphatic carbocycles. The first-order valence-corrected chi connectivity index (χ1v) is 17.9. The molecule has 2 aliphatic rings. The maximum absolute atomic E-state index is 2.52. The molecule has 0 radical (unpaired) electrons. The molecular formula is C50H33N. The third-order valence-corrected chi connectivity index (χ3v) is 11.5. The third-order valence-electron chi connectivity index (χ3n) is 11.5. The van der Waals surface area contributed by atoms with Crippen LogP contribution in [-0.4, -0.2) is 0 Å². The molecule has 11 rings (SSSR count). The second-order valence-corrected chi connectivity index (χ2v) is 14.0. The molecule has 0 fully saturated rings. The number of aryl methyl sites for hydroxylation is 1. The lowest BCUT2D eigenvalue weighted by Crippen LogP contribution is -2.26. The topological polar surface area (TPSA) is 3.24 Å². The maximum atomic E-state index is 2.52. The van der Waals surface area contributed by atoms with E-state index in [9.17, 15) is 0 Å². The van der Waals surface area contributed by atoms with Crippen molar-refractivity contribution in [1.29, 1.82) is 0 Å². The summed E-state index contributed by atoms with van der Waals surface area (Å²) in [7, 11) is 0. The number of nitrogens with zero attached hydrogens (tertiary/aromatic N) is 1. The lowest BCUT2D eigenvalue weighted by molar-refractivity contribution is 0.809. The molecule has 9 aromatic carbocycles. The summed E-state index contributed by atoms with van der Waals surface area (Å²) < 4.78 is 0. The SMILES string of the molecule is Cc1ccccc1N(c1ccccc1)c1cc2c(c3ccccc13)C1(c3ccccc3-c3ccccc31)c1c-2c2ccccc2c2ccccc12. The lowest BCUT2D eigenvalue weighted by atomic mass is 9.68. The number of para-hydroxylation sites is 2. The molecule has 0 N–H and O–H groups in total. The van der Waals surface area contributed by atoms with Gasteiger partial charge >= 0.3 is 0 Å². The molecule has 0 aliphatic heterocycles. The molecule has 1 spiro atoms. The van der Waals surface area contributed by atoms with Gasteiger partial charge in [0.1, 0.15) is 0 Å². The minimum absolute atomic E-state index is 0.500. The molecule has 238 valence electrons. The quantitative estimate of drug-likeness (QED) is 0.173. The van der Waals surface area contributed by atoms with Crippen LogP contribution in [0.4, 0.5) is 17.1 Å². The van der Waals surface area contributed by atoms with Crippen LogP contribution in [0, 0.1) is 6.92 Å². The predicted molar refractivity (Wildman–Crippen MR) is 215 cm³/mol. The van der Waals surface area contributed by atoms with E-state index in [-0.39, 0.29) is 0 Å². The van der Waals surface area contributed by atoms with Crippen LogP contribution >= 0.6 is 0 Å². The largest absolute Gasteiger partial charge is 0.310 e. The van der Waals surface area contributed by atoms with Crippen molar-refractivity contribution in [3.63, 3.8) is 0 Å². The molecule has 0 saturated heterocycles. The summed E-state index contributed by atoms with van der Waals surface area (Å²) in [5, 5.41) is 7.74. The van der Waals surface area contributed by atoms with Crippen LogP contribution in [0.2, 0.25) is 0 Å². The van der Waals surface area contributed by atoms with E-state index in [1.54, 1.807) is 0 Å². The highest BCUT2D eigenvalue weighted by Gasteiger charge is 2.54. The van der Waals surface area contributed by atoms with Gasteiger partial charge < -0.3 is 4.90 Å². The third kappa shape index (κ3) is 3.65. The first kappa shape index (κ1) is 28.4. The first-order chi connectivity index (χ1) is 25.3. The van der Waals surface area contributed by atoms with E-state index in [2.05, 4.69) is 194 Å². The summed E-state index contributed by atoms with van der Waals surface area (Å²) >= 11 is 0. The number of fused-ring (bicyclic) bond motifs is 17.